The van der Waals surface area contributed by atoms with E-state index < -0.39 is 0 Å². The highest BCUT2D eigenvalue weighted by Gasteiger charge is 2.14. The lowest BCUT2D eigenvalue weighted by Crippen LogP contribution is -2.16. The van der Waals surface area contributed by atoms with Crippen molar-refractivity contribution >= 4 is 17.3 Å². The van der Waals surface area contributed by atoms with Crippen molar-refractivity contribution in [2.75, 3.05) is 6.61 Å². The standard InChI is InChI=1S/C16H32OS/c1-4-7-9-11-13-15(16(18)17-6-3)14-12-10-8-5-2/h15H,4-14H2,1-3H3. The van der Waals surface area contributed by atoms with E-state index in [2.05, 4.69) is 13.8 Å². The van der Waals surface area contributed by atoms with Crippen molar-refractivity contribution in [2.45, 2.75) is 85.0 Å². The second-order valence-electron chi connectivity index (χ2n) is 5.15. The second-order valence-corrected chi connectivity index (χ2v) is 5.55. The molecule has 0 aliphatic carbocycles. The molecule has 18 heavy (non-hydrogen) atoms. The predicted molar refractivity (Wildman–Crippen MR) is 85.2 cm³/mol. The van der Waals surface area contributed by atoms with Crippen LogP contribution in [0, 0.1) is 5.92 Å². The van der Waals surface area contributed by atoms with Gasteiger partial charge in [-0.3, -0.25) is 0 Å². The van der Waals surface area contributed by atoms with Gasteiger partial charge in [0.1, 0.15) is 0 Å². The fourth-order valence-electron chi connectivity index (χ4n) is 2.28. The van der Waals surface area contributed by atoms with E-state index >= 15 is 0 Å². The van der Waals surface area contributed by atoms with Crippen LogP contribution in [0.1, 0.15) is 85.0 Å². The van der Waals surface area contributed by atoms with Gasteiger partial charge in [-0.1, -0.05) is 65.2 Å². The van der Waals surface area contributed by atoms with Gasteiger partial charge in [0.2, 0.25) is 0 Å². The van der Waals surface area contributed by atoms with Crippen molar-refractivity contribution in [1.82, 2.24) is 0 Å². The summed E-state index contributed by atoms with van der Waals surface area (Å²) in [4.78, 5) is 0. The number of hydrogen-bond donors (Lipinski definition) is 0. The van der Waals surface area contributed by atoms with Crippen molar-refractivity contribution in [3.8, 4) is 0 Å². The van der Waals surface area contributed by atoms with Crippen LogP contribution < -0.4 is 0 Å². The van der Waals surface area contributed by atoms with Gasteiger partial charge in [-0.05, 0) is 32.0 Å². The van der Waals surface area contributed by atoms with Crippen LogP contribution in [0.15, 0.2) is 0 Å². The van der Waals surface area contributed by atoms with Gasteiger partial charge in [0.05, 0.1) is 6.61 Å². The number of rotatable bonds is 12. The molecule has 2 heteroatoms. The highest BCUT2D eigenvalue weighted by atomic mass is 32.1. The van der Waals surface area contributed by atoms with Gasteiger partial charge in [-0.2, -0.15) is 0 Å². The Labute approximate surface area is 120 Å². The highest BCUT2D eigenvalue weighted by molar-refractivity contribution is 7.80. The van der Waals surface area contributed by atoms with Crippen LogP contribution >= 0.6 is 12.2 Å². The quantitative estimate of drug-likeness (QED) is 0.323. The first-order valence-corrected chi connectivity index (χ1v) is 8.33. The summed E-state index contributed by atoms with van der Waals surface area (Å²) in [6.07, 6.45) is 13.1. The number of thiocarbonyl (C=S) groups is 1. The molecule has 0 aromatic carbocycles. The number of ether oxygens (including phenoxy) is 1. The van der Waals surface area contributed by atoms with Gasteiger partial charge < -0.3 is 4.74 Å². The number of hydrogen-bond acceptors (Lipinski definition) is 2. The molecule has 0 bridgehead atoms. The fraction of sp³-hybridized carbons (Fsp3) is 0.938. The molecule has 0 fully saturated rings. The van der Waals surface area contributed by atoms with E-state index in [0.717, 1.165) is 11.7 Å². The average Bonchev–Trinajstić information content (AvgIpc) is 2.37. The third-order valence-corrected chi connectivity index (χ3v) is 3.88. The van der Waals surface area contributed by atoms with E-state index in [1.165, 1.54) is 64.2 Å². The van der Waals surface area contributed by atoms with Crippen LogP contribution in [0.2, 0.25) is 0 Å². The summed E-state index contributed by atoms with van der Waals surface area (Å²) in [5.74, 6) is 0.522. The van der Waals surface area contributed by atoms with Crippen molar-refractivity contribution in [2.24, 2.45) is 5.92 Å². The van der Waals surface area contributed by atoms with E-state index in [1.54, 1.807) is 0 Å². The van der Waals surface area contributed by atoms with Crippen molar-refractivity contribution in [3.63, 3.8) is 0 Å². The zero-order valence-electron chi connectivity index (χ0n) is 12.7. The van der Waals surface area contributed by atoms with Gasteiger partial charge in [-0.25, -0.2) is 0 Å². The van der Waals surface area contributed by atoms with Gasteiger partial charge in [-0.15, -0.1) is 0 Å². The molecule has 0 N–H and O–H groups in total. The first kappa shape index (κ1) is 17.9. The smallest absolute Gasteiger partial charge is 0.162 e. The van der Waals surface area contributed by atoms with E-state index in [0.29, 0.717) is 5.92 Å². The zero-order valence-corrected chi connectivity index (χ0v) is 13.5. The molecular formula is C16H32OS. The first-order chi connectivity index (χ1) is 8.76. The molecule has 0 heterocycles. The molecule has 0 unspecified atom stereocenters. The highest BCUT2D eigenvalue weighted by Crippen LogP contribution is 2.20. The van der Waals surface area contributed by atoms with E-state index in [9.17, 15) is 0 Å². The Morgan fingerprint density at radius 1 is 0.833 bits per heavy atom. The Morgan fingerprint density at radius 3 is 1.72 bits per heavy atom. The molecule has 0 radical (unpaired) electrons. The zero-order chi connectivity index (χ0) is 13.6. The van der Waals surface area contributed by atoms with Gasteiger partial charge in [0.15, 0.2) is 5.05 Å². The van der Waals surface area contributed by atoms with Gasteiger partial charge in [0.25, 0.3) is 0 Å². The van der Waals surface area contributed by atoms with Crippen LogP contribution in [0.4, 0.5) is 0 Å². The largest absolute Gasteiger partial charge is 0.487 e. The summed E-state index contributed by atoms with van der Waals surface area (Å²) >= 11 is 5.41. The Kier molecular flexibility index (Phi) is 13.2. The monoisotopic (exact) mass is 272 g/mol. The normalized spacial score (nSPS) is 10.9. The fourth-order valence-corrected chi connectivity index (χ4v) is 2.63. The minimum Gasteiger partial charge on any atom is -0.487 e. The Hall–Kier alpha value is -0.110. The molecule has 0 atom stereocenters. The summed E-state index contributed by atoms with van der Waals surface area (Å²) in [6, 6.07) is 0. The van der Waals surface area contributed by atoms with Crippen LogP contribution in [-0.4, -0.2) is 11.7 Å². The van der Waals surface area contributed by atoms with Crippen molar-refractivity contribution in [3.05, 3.63) is 0 Å². The maximum absolute atomic E-state index is 5.55. The average molecular weight is 272 g/mol. The predicted octanol–water partition coefficient (Wildman–Crippen LogP) is 5.91. The summed E-state index contributed by atoms with van der Waals surface area (Å²) in [5.41, 5.74) is 0. The molecule has 0 aliphatic rings. The summed E-state index contributed by atoms with van der Waals surface area (Å²) < 4.78 is 5.55. The molecule has 0 rings (SSSR count). The minimum absolute atomic E-state index is 0.522. The van der Waals surface area contributed by atoms with Crippen molar-refractivity contribution in [1.29, 1.82) is 0 Å². The molecule has 0 saturated heterocycles. The molecular weight excluding hydrogens is 240 g/mol. The third-order valence-electron chi connectivity index (χ3n) is 3.43. The van der Waals surface area contributed by atoms with Crippen LogP contribution in [0.5, 0.6) is 0 Å². The molecule has 1 nitrogen and oxygen atoms in total. The Bertz CT molecular complexity index is 180. The molecule has 0 aromatic heterocycles. The second kappa shape index (κ2) is 13.3. The Balaban J connectivity index is 3.88. The molecule has 0 amide bonds. The first-order valence-electron chi connectivity index (χ1n) is 7.92. The molecule has 0 aromatic rings. The summed E-state index contributed by atoms with van der Waals surface area (Å²) in [7, 11) is 0. The molecule has 108 valence electrons. The molecule has 0 aliphatic heterocycles. The summed E-state index contributed by atoms with van der Waals surface area (Å²) in [5, 5.41) is 0.866. The third kappa shape index (κ3) is 9.87. The van der Waals surface area contributed by atoms with E-state index in [-0.39, 0.29) is 0 Å². The lowest BCUT2D eigenvalue weighted by molar-refractivity contribution is 0.299. The van der Waals surface area contributed by atoms with Crippen LogP contribution in [0.25, 0.3) is 0 Å². The van der Waals surface area contributed by atoms with Gasteiger partial charge in [0, 0.05) is 5.92 Å². The molecule has 0 spiro atoms. The molecule has 0 saturated carbocycles. The van der Waals surface area contributed by atoms with Gasteiger partial charge >= 0.3 is 0 Å². The maximum atomic E-state index is 5.55. The summed E-state index contributed by atoms with van der Waals surface area (Å²) in [6.45, 7) is 7.26. The van der Waals surface area contributed by atoms with E-state index in [4.69, 9.17) is 17.0 Å². The SMILES string of the molecule is CCCCCCC(CCCCCC)C(=S)OCC. The topological polar surface area (TPSA) is 9.23 Å². The van der Waals surface area contributed by atoms with Crippen LogP contribution in [0.3, 0.4) is 0 Å². The van der Waals surface area contributed by atoms with Crippen molar-refractivity contribution < 1.29 is 4.74 Å². The maximum Gasteiger partial charge on any atom is 0.162 e. The lowest BCUT2D eigenvalue weighted by Gasteiger charge is -2.18. The minimum atomic E-state index is 0.522. The lowest BCUT2D eigenvalue weighted by atomic mass is 9.95. The number of unbranched alkanes of at least 4 members (excludes halogenated alkanes) is 6. The van der Waals surface area contributed by atoms with Crippen LogP contribution in [-0.2, 0) is 4.74 Å². The van der Waals surface area contributed by atoms with E-state index in [1.807, 2.05) is 6.92 Å². The Morgan fingerprint density at radius 2 is 1.33 bits per heavy atom.